The fraction of sp³-hybridized carbons (Fsp3) is 0.0769. The van der Waals surface area contributed by atoms with Crippen molar-refractivity contribution < 1.29 is 10.2 Å². The molecule has 1 aromatic heterocycles. The Labute approximate surface area is 92.2 Å². The molecule has 0 aliphatic rings. The maximum absolute atomic E-state index is 9.89. The molecule has 1 heterocycles. The quantitative estimate of drug-likeness (QED) is 0.603. The molecule has 0 saturated carbocycles. The molecule has 0 atom stereocenters. The molecule has 0 unspecified atom stereocenters. The second-order valence-corrected chi connectivity index (χ2v) is 3.94. The van der Waals surface area contributed by atoms with E-state index in [0.717, 1.165) is 21.8 Å². The number of rotatable bonds is 0. The molecule has 80 valence electrons. The number of phenolic OH excluding ortho intramolecular Hbond substituents is 2. The van der Waals surface area contributed by atoms with Gasteiger partial charge in [-0.25, -0.2) is 0 Å². The van der Waals surface area contributed by atoms with E-state index in [1.807, 2.05) is 35.9 Å². The first-order valence-electron chi connectivity index (χ1n) is 5.07. The molecule has 2 N–H and O–H groups in total. The third kappa shape index (κ3) is 1.03. The van der Waals surface area contributed by atoms with Gasteiger partial charge in [0.25, 0.3) is 0 Å². The fourth-order valence-electron chi connectivity index (χ4n) is 2.25. The molecule has 3 heteroatoms. The molecule has 0 radical (unpaired) electrons. The lowest BCUT2D eigenvalue weighted by atomic mass is 10.1. The highest BCUT2D eigenvalue weighted by Gasteiger charge is 2.12. The lowest BCUT2D eigenvalue weighted by Gasteiger charge is -1.99. The number of aromatic nitrogens is 1. The Hall–Kier alpha value is -2.16. The maximum atomic E-state index is 9.89. The first kappa shape index (κ1) is 9.09. The molecule has 3 nitrogen and oxygen atoms in total. The second kappa shape index (κ2) is 2.92. The molecule has 2 aromatic carbocycles. The average molecular weight is 213 g/mol. The monoisotopic (exact) mass is 213 g/mol. The van der Waals surface area contributed by atoms with Gasteiger partial charge in [-0.2, -0.15) is 0 Å². The van der Waals surface area contributed by atoms with Crippen molar-refractivity contribution in [1.29, 1.82) is 0 Å². The Morgan fingerprint density at radius 3 is 2.56 bits per heavy atom. The van der Waals surface area contributed by atoms with Crippen LogP contribution in [0, 0.1) is 0 Å². The molecule has 3 rings (SSSR count). The van der Waals surface area contributed by atoms with Crippen LogP contribution in [0.1, 0.15) is 0 Å². The molecule has 0 fully saturated rings. The van der Waals surface area contributed by atoms with Crippen molar-refractivity contribution >= 4 is 21.8 Å². The van der Waals surface area contributed by atoms with Gasteiger partial charge in [0.2, 0.25) is 0 Å². The van der Waals surface area contributed by atoms with Gasteiger partial charge in [-0.3, -0.25) is 0 Å². The molecule has 0 bridgehead atoms. The molecule has 0 aliphatic carbocycles. The summed E-state index contributed by atoms with van der Waals surface area (Å²) in [6, 6.07) is 10.9. The highest BCUT2D eigenvalue weighted by atomic mass is 16.3. The van der Waals surface area contributed by atoms with E-state index in [1.54, 1.807) is 6.07 Å². The summed E-state index contributed by atoms with van der Waals surface area (Å²) in [5.41, 5.74) is 1.87. The summed E-state index contributed by atoms with van der Waals surface area (Å²) in [6.07, 6.45) is 0. The molecular weight excluding hydrogens is 202 g/mol. The van der Waals surface area contributed by atoms with Gasteiger partial charge in [0, 0.05) is 35.5 Å². The molecule has 0 aliphatic heterocycles. The summed E-state index contributed by atoms with van der Waals surface area (Å²) in [4.78, 5) is 0. The Balaban J connectivity index is 2.67. The molecule has 0 amide bonds. The van der Waals surface area contributed by atoms with Crippen LogP contribution in [-0.2, 0) is 7.05 Å². The highest BCUT2D eigenvalue weighted by molar-refractivity contribution is 6.11. The summed E-state index contributed by atoms with van der Waals surface area (Å²) < 4.78 is 1.96. The van der Waals surface area contributed by atoms with Crippen molar-refractivity contribution in [3.63, 3.8) is 0 Å². The van der Waals surface area contributed by atoms with E-state index in [1.165, 1.54) is 6.07 Å². The van der Waals surface area contributed by atoms with Crippen LogP contribution in [-0.4, -0.2) is 14.8 Å². The van der Waals surface area contributed by atoms with E-state index in [4.69, 9.17) is 0 Å². The van der Waals surface area contributed by atoms with Crippen LogP contribution in [0.2, 0.25) is 0 Å². The predicted octanol–water partition coefficient (Wildman–Crippen LogP) is 2.74. The standard InChI is InChI=1S/C13H11NO2/c1-14-10-5-3-2-4-9(10)13-11(14)6-8(15)7-12(13)16/h2-7,15-16H,1H3. The van der Waals surface area contributed by atoms with E-state index in [0.29, 0.717) is 0 Å². The van der Waals surface area contributed by atoms with Crippen molar-refractivity contribution in [3.05, 3.63) is 36.4 Å². The Morgan fingerprint density at radius 1 is 1.00 bits per heavy atom. The number of para-hydroxylation sites is 1. The van der Waals surface area contributed by atoms with Crippen molar-refractivity contribution in [2.75, 3.05) is 0 Å². The zero-order chi connectivity index (χ0) is 11.3. The molecular formula is C13H11NO2. The van der Waals surface area contributed by atoms with Gasteiger partial charge >= 0.3 is 0 Å². The van der Waals surface area contributed by atoms with Crippen molar-refractivity contribution in [2.45, 2.75) is 0 Å². The third-order valence-electron chi connectivity index (χ3n) is 2.98. The lowest BCUT2D eigenvalue weighted by molar-refractivity contribution is 0.455. The minimum atomic E-state index is 0.0795. The average Bonchev–Trinajstić information content (AvgIpc) is 2.54. The molecule has 0 saturated heterocycles. The maximum Gasteiger partial charge on any atom is 0.129 e. The van der Waals surface area contributed by atoms with Crippen LogP contribution in [0.25, 0.3) is 21.8 Å². The largest absolute Gasteiger partial charge is 0.508 e. The van der Waals surface area contributed by atoms with E-state index in [2.05, 4.69) is 0 Å². The summed E-state index contributed by atoms with van der Waals surface area (Å²) >= 11 is 0. The number of aromatic hydroxyl groups is 2. The van der Waals surface area contributed by atoms with E-state index < -0.39 is 0 Å². The number of phenols is 2. The minimum Gasteiger partial charge on any atom is -0.508 e. The number of nitrogens with zero attached hydrogens (tertiary/aromatic N) is 1. The second-order valence-electron chi connectivity index (χ2n) is 3.94. The van der Waals surface area contributed by atoms with E-state index >= 15 is 0 Å². The summed E-state index contributed by atoms with van der Waals surface area (Å²) in [6.45, 7) is 0. The Morgan fingerprint density at radius 2 is 1.75 bits per heavy atom. The van der Waals surface area contributed by atoms with Crippen LogP contribution >= 0.6 is 0 Å². The Bertz CT molecular complexity index is 698. The molecule has 0 spiro atoms. The van der Waals surface area contributed by atoms with Crippen molar-refractivity contribution in [2.24, 2.45) is 7.05 Å². The van der Waals surface area contributed by atoms with Gasteiger partial charge in [-0.1, -0.05) is 18.2 Å². The first-order valence-corrected chi connectivity index (χ1v) is 5.07. The van der Waals surface area contributed by atoms with Crippen molar-refractivity contribution in [1.82, 2.24) is 4.57 Å². The first-order chi connectivity index (χ1) is 7.68. The summed E-state index contributed by atoms with van der Waals surface area (Å²) in [7, 11) is 1.92. The van der Waals surface area contributed by atoms with Crippen LogP contribution < -0.4 is 0 Å². The Kier molecular flexibility index (Phi) is 1.66. The number of benzene rings is 2. The van der Waals surface area contributed by atoms with Crippen LogP contribution in [0.5, 0.6) is 11.5 Å². The van der Waals surface area contributed by atoms with Gasteiger partial charge in [-0.15, -0.1) is 0 Å². The van der Waals surface area contributed by atoms with Crippen LogP contribution in [0.15, 0.2) is 36.4 Å². The topological polar surface area (TPSA) is 45.4 Å². The van der Waals surface area contributed by atoms with E-state index in [9.17, 15) is 10.2 Å². The number of aryl methyl sites for hydroxylation is 1. The smallest absolute Gasteiger partial charge is 0.129 e. The van der Waals surface area contributed by atoms with Gasteiger partial charge in [-0.05, 0) is 6.07 Å². The van der Waals surface area contributed by atoms with Crippen LogP contribution in [0.3, 0.4) is 0 Å². The highest BCUT2D eigenvalue weighted by Crippen LogP contribution is 2.36. The fourth-order valence-corrected chi connectivity index (χ4v) is 2.25. The van der Waals surface area contributed by atoms with E-state index in [-0.39, 0.29) is 11.5 Å². The SMILES string of the molecule is Cn1c2ccccc2c2c(O)cc(O)cc21. The van der Waals surface area contributed by atoms with Crippen molar-refractivity contribution in [3.8, 4) is 11.5 Å². The minimum absolute atomic E-state index is 0.0795. The number of hydrogen-bond acceptors (Lipinski definition) is 2. The normalized spacial score (nSPS) is 11.3. The zero-order valence-corrected chi connectivity index (χ0v) is 8.81. The van der Waals surface area contributed by atoms with Gasteiger partial charge in [0.15, 0.2) is 0 Å². The lowest BCUT2D eigenvalue weighted by Crippen LogP contribution is -1.85. The molecule has 3 aromatic rings. The van der Waals surface area contributed by atoms with Gasteiger partial charge in [0.1, 0.15) is 11.5 Å². The van der Waals surface area contributed by atoms with Gasteiger partial charge in [0.05, 0.1) is 5.52 Å². The molecule has 16 heavy (non-hydrogen) atoms. The third-order valence-corrected chi connectivity index (χ3v) is 2.98. The number of hydrogen-bond donors (Lipinski definition) is 2. The summed E-state index contributed by atoms with van der Waals surface area (Å²) in [5, 5.41) is 21.2. The number of fused-ring (bicyclic) bond motifs is 3. The van der Waals surface area contributed by atoms with Gasteiger partial charge < -0.3 is 14.8 Å². The summed E-state index contributed by atoms with van der Waals surface area (Å²) in [5.74, 6) is 0.197. The zero-order valence-electron chi connectivity index (χ0n) is 8.81. The van der Waals surface area contributed by atoms with Crippen LogP contribution in [0.4, 0.5) is 0 Å². The predicted molar refractivity (Wildman–Crippen MR) is 63.8 cm³/mol.